The Morgan fingerprint density at radius 1 is 1.17 bits per heavy atom. The number of primary amides is 1. The summed E-state index contributed by atoms with van der Waals surface area (Å²) in [5.74, 6) is -4.66. The third-order valence-electron chi connectivity index (χ3n) is 5.54. The number of rotatable bonds is 8. The molecule has 2 aromatic rings. The van der Waals surface area contributed by atoms with Crippen molar-refractivity contribution in [2.45, 2.75) is 32.4 Å². The van der Waals surface area contributed by atoms with Gasteiger partial charge < -0.3 is 10.5 Å². The van der Waals surface area contributed by atoms with Crippen molar-refractivity contribution in [3.8, 4) is 11.8 Å². The van der Waals surface area contributed by atoms with E-state index in [1.807, 2.05) is 6.07 Å². The van der Waals surface area contributed by atoms with Crippen molar-refractivity contribution in [1.29, 1.82) is 5.26 Å². The zero-order valence-corrected chi connectivity index (χ0v) is 18.7. The van der Waals surface area contributed by atoms with E-state index in [4.69, 9.17) is 11.0 Å². The molecule has 1 unspecified atom stereocenters. The molecule has 1 aromatic carbocycles. The molecule has 9 nitrogen and oxygen atoms in total. The van der Waals surface area contributed by atoms with Gasteiger partial charge in [-0.2, -0.15) is 23.5 Å². The first kappa shape index (κ1) is 25.5. The van der Waals surface area contributed by atoms with Gasteiger partial charge in [-0.15, -0.1) is 0 Å². The number of hydrogen-bond acceptors (Lipinski definition) is 6. The van der Waals surface area contributed by atoms with E-state index in [2.05, 4.69) is 9.84 Å². The summed E-state index contributed by atoms with van der Waals surface area (Å²) in [6.45, 7) is 0.914. The van der Waals surface area contributed by atoms with Crippen molar-refractivity contribution in [2.24, 2.45) is 11.7 Å². The first-order valence-electron chi connectivity index (χ1n) is 10.7. The van der Waals surface area contributed by atoms with Gasteiger partial charge in [0, 0.05) is 6.54 Å². The summed E-state index contributed by atoms with van der Waals surface area (Å²) >= 11 is 0. The lowest BCUT2D eigenvalue weighted by molar-refractivity contribution is -0.183. The van der Waals surface area contributed by atoms with Crippen LogP contribution in [0.3, 0.4) is 0 Å². The number of imide groups is 1. The Bertz CT molecular complexity index is 1190. The van der Waals surface area contributed by atoms with Gasteiger partial charge in [-0.25, -0.2) is 9.48 Å². The molecule has 0 saturated heterocycles. The van der Waals surface area contributed by atoms with Crippen LogP contribution in [0, 0.1) is 17.2 Å². The summed E-state index contributed by atoms with van der Waals surface area (Å²) in [6.07, 6.45) is -3.53. The van der Waals surface area contributed by atoms with Gasteiger partial charge in [0.25, 0.3) is 5.91 Å². The monoisotopic (exact) mass is 489 g/mol. The first-order valence-corrected chi connectivity index (χ1v) is 10.7. The summed E-state index contributed by atoms with van der Waals surface area (Å²) in [5.41, 5.74) is 5.10. The molecule has 0 radical (unpaired) electrons. The van der Waals surface area contributed by atoms with Crippen molar-refractivity contribution >= 4 is 23.5 Å². The van der Waals surface area contributed by atoms with E-state index in [1.165, 1.54) is 29.1 Å². The second-order valence-electron chi connectivity index (χ2n) is 7.84. The number of nitrogens with zero attached hydrogens (tertiary/aromatic N) is 4. The molecule has 35 heavy (non-hydrogen) atoms. The van der Waals surface area contributed by atoms with Crippen molar-refractivity contribution < 1.29 is 32.3 Å². The lowest BCUT2D eigenvalue weighted by Gasteiger charge is -2.34. The number of hydrogen-bond donors (Lipinski definition) is 1. The molecule has 0 aliphatic carbocycles. The molecule has 0 spiro atoms. The van der Waals surface area contributed by atoms with E-state index < -0.39 is 35.6 Å². The van der Waals surface area contributed by atoms with Gasteiger partial charge >= 0.3 is 12.3 Å². The maximum atomic E-state index is 13.9. The maximum absolute atomic E-state index is 13.9. The minimum atomic E-state index is -4.90. The summed E-state index contributed by atoms with van der Waals surface area (Å²) < 4.78 is 47.7. The van der Waals surface area contributed by atoms with E-state index >= 15 is 0 Å². The normalized spacial score (nSPS) is 16.4. The van der Waals surface area contributed by atoms with Crippen LogP contribution in [-0.2, 0) is 14.3 Å². The lowest BCUT2D eigenvalue weighted by Crippen LogP contribution is -2.50. The molecule has 3 amide bonds. The number of amides is 3. The van der Waals surface area contributed by atoms with Crippen molar-refractivity contribution in [1.82, 2.24) is 14.7 Å². The number of halogens is 3. The second-order valence-corrected chi connectivity index (χ2v) is 7.84. The molecule has 3 rings (SSSR count). The number of benzene rings is 1. The van der Waals surface area contributed by atoms with Gasteiger partial charge in [-0.1, -0.05) is 0 Å². The zero-order chi connectivity index (χ0) is 25.8. The fraction of sp³-hybridized carbons (Fsp3) is 0.348. The highest BCUT2D eigenvalue weighted by Crippen LogP contribution is 2.41. The van der Waals surface area contributed by atoms with E-state index in [1.54, 1.807) is 12.1 Å². The van der Waals surface area contributed by atoms with Gasteiger partial charge in [0.1, 0.15) is 0 Å². The quantitative estimate of drug-likeness (QED) is 0.447. The van der Waals surface area contributed by atoms with E-state index in [0.717, 1.165) is 6.92 Å². The Labute approximate surface area is 198 Å². The van der Waals surface area contributed by atoms with Crippen LogP contribution in [0.1, 0.15) is 37.4 Å². The minimum absolute atomic E-state index is 0.0242. The Morgan fingerprint density at radius 3 is 2.46 bits per heavy atom. The fourth-order valence-electron chi connectivity index (χ4n) is 3.89. The Morgan fingerprint density at radius 2 is 1.86 bits per heavy atom. The van der Waals surface area contributed by atoms with Crippen LogP contribution in [0.4, 0.5) is 18.0 Å². The number of nitrogens with two attached hydrogens (primary N) is 1. The van der Waals surface area contributed by atoms with Gasteiger partial charge in [-0.05, 0) is 62.1 Å². The standard InChI is InChI=1S/C23H22F3N5O4/c1-14-18(17-9-10-29-31(17)16-7-5-15(13-27)6-8-16)20(32)30(21(33)19(14)23(24,25)26)11-3-2-4-12-35-22(28)34/h5-10,19H,2-4,11-12H2,1H3,(H2,28,34). The maximum Gasteiger partial charge on any atom is 0.404 e. The van der Waals surface area contributed by atoms with E-state index in [0.29, 0.717) is 29.0 Å². The first-order chi connectivity index (χ1) is 16.6. The smallest absolute Gasteiger partial charge is 0.404 e. The average Bonchev–Trinajstić information content (AvgIpc) is 3.26. The molecule has 0 fully saturated rings. The predicted octanol–water partition coefficient (Wildman–Crippen LogP) is 3.33. The number of carbonyl (C=O) groups is 3. The van der Waals surface area contributed by atoms with Crippen molar-refractivity contribution in [3.63, 3.8) is 0 Å². The number of alkyl halides is 3. The Balaban J connectivity index is 1.94. The largest absolute Gasteiger partial charge is 0.450 e. The summed E-state index contributed by atoms with van der Waals surface area (Å²) in [6, 6.07) is 9.50. The lowest BCUT2D eigenvalue weighted by atomic mass is 9.87. The molecule has 1 aliphatic heterocycles. The van der Waals surface area contributed by atoms with Crippen LogP contribution in [-0.4, -0.2) is 51.9 Å². The number of aromatic nitrogens is 2. The Kier molecular flexibility index (Phi) is 7.58. The number of ether oxygens (including phenoxy) is 1. The molecular formula is C23H22F3N5O4. The van der Waals surface area contributed by atoms with Gasteiger partial charge in [0.15, 0.2) is 5.92 Å². The van der Waals surface area contributed by atoms with Crippen molar-refractivity contribution in [2.75, 3.05) is 13.2 Å². The summed E-state index contributed by atoms with van der Waals surface area (Å²) in [4.78, 5) is 37.3. The average molecular weight is 489 g/mol. The van der Waals surface area contributed by atoms with Crippen LogP contribution >= 0.6 is 0 Å². The SMILES string of the molecule is CC1=C(c2ccnn2-c2ccc(C#N)cc2)C(=O)N(CCCCCOC(N)=O)C(=O)C1C(F)(F)F. The number of carbonyl (C=O) groups excluding carboxylic acids is 3. The van der Waals surface area contributed by atoms with Gasteiger partial charge in [0.05, 0.1) is 41.4 Å². The molecule has 12 heteroatoms. The molecule has 2 N–H and O–H groups in total. The molecule has 1 atom stereocenters. The molecule has 0 saturated carbocycles. The molecule has 2 heterocycles. The van der Waals surface area contributed by atoms with Crippen molar-refractivity contribution in [3.05, 3.63) is 53.4 Å². The zero-order valence-electron chi connectivity index (χ0n) is 18.7. The molecule has 1 aliphatic rings. The topological polar surface area (TPSA) is 131 Å². The highest BCUT2D eigenvalue weighted by atomic mass is 19.4. The summed E-state index contributed by atoms with van der Waals surface area (Å²) in [5, 5.41) is 13.1. The predicted molar refractivity (Wildman–Crippen MR) is 117 cm³/mol. The molecular weight excluding hydrogens is 467 g/mol. The van der Waals surface area contributed by atoms with Crippen LogP contribution in [0.25, 0.3) is 11.3 Å². The van der Waals surface area contributed by atoms with Crippen LogP contribution in [0.15, 0.2) is 42.1 Å². The third kappa shape index (κ3) is 5.51. The fourth-order valence-corrected chi connectivity index (χ4v) is 3.89. The number of unbranched alkanes of at least 4 members (excludes halogenated alkanes) is 2. The highest BCUT2D eigenvalue weighted by Gasteiger charge is 2.53. The van der Waals surface area contributed by atoms with Crippen LogP contribution in [0.5, 0.6) is 0 Å². The third-order valence-corrected chi connectivity index (χ3v) is 5.54. The second kappa shape index (κ2) is 10.4. The molecule has 1 aromatic heterocycles. The van der Waals surface area contributed by atoms with E-state index in [-0.39, 0.29) is 30.8 Å². The highest BCUT2D eigenvalue weighted by molar-refractivity contribution is 6.27. The van der Waals surface area contributed by atoms with Gasteiger partial charge in [0.2, 0.25) is 5.91 Å². The Hall–Kier alpha value is -4.14. The van der Waals surface area contributed by atoms with E-state index in [9.17, 15) is 27.6 Å². The minimum Gasteiger partial charge on any atom is -0.450 e. The number of nitriles is 1. The summed E-state index contributed by atoms with van der Waals surface area (Å²) in [7, 11) is 0. The van der Waals surface area contributed by atoms with Crippen LogP contribution in [0.2, 0.25) is 0 Å². The van der Waals surface area contributed by atoms with Gasteiger partial charge in [-0.3, -0.25) is 14.5 Å². The molecule has 184 valence electrons. The van der Waals surface area contributed by atoms with Crippen LogP contribution < -0.4 is 5.73 Å². The molecule has 0 bridgehead atoms.